The number of halogens is 2. The summed E-state index contributed by atoms with van der Waals surface area (Å²) in [5.74, 6) is 2.20. The molecule has 61 heavy (non-hydrogen) atoms. The van der Waals surface area contributed by atoms with E-state index in [1.165, 1.54) is 23.5 Å². The number of methoxy groups -OCH3 is 1. The van der Waals surface area contributed by atoms with Gasteiger partial charge in [0.25, 0.3) is 0 Å². The molecule has 0 amide bonds. The third kappa shape index (κ3) is 9.85. The van der Waals surface area contributed by atoms with E-state index in [-0.39, 0.29) is 24.9 Å². The lowest BCUT2D eigenvalue weighted by Gasteiger charge is -2.32. The Morgan fingerprint density at radius 2 is 1.62 bits per heavy atom. The Kier molecular flexibility index (Phi) is 13.5. The smallest absolute Gasteiger partial charge is 0.159 e. The van der Waals surface area contributed by atoms with Crippen LogP contribution in [0.2, 0.25) is 5.02 Å². The fourth-order valence-corrected chi connectivity index (χ4v) is 9.12. The standard InChI is InChI=1S/C48H48ClFN6O4S/c1-31-39(16-17-42(45(31)49)59-25-24-56-22-20-55(2)21-23-56)43-44-40(52-30-53-48(44)61-46(43)33-8-12-36(50)13-9-33)27-32(28-57)26-35-6-4-5-7-41(35)60-29-37-18-19-51-47(54-37)34-10-14-38(58-3)15-11-34/h4-19,30,32,57H,20-29H2,1-3H3/t32-/m0/s1. The quantitative estimate of drug-likeness (QED) is 0.101. The second kappa shape index (κ2) is 19.5. The Morgan fingerprint density at radius 1 is 0.852 bits per heavy atom. The van der Waals surface area contributed by atoms with Crippen LogP contribution in [0.25, 0.3) is 43.2 Å². The van der Waals surface area contributed by atoms with Gasteiger partial charge < -0.3 is 24.2 Å². The summed E-state index contributed by atoms with van der Waals surface area (Å²) >= 11 is 8.64. The number of fused-ring (bicyclic) bond motifs is 1. The molecule has 1 fully saturated rings. The third-order valence-electron chi connectivity index (χ3n) is 11.2. The minimum Gasteiger partial charge on any atom is -0.497 e. The zero-order valence-electron chi connectivity index (χ0n) is 34.5. The Balaban J connectivity index is 1.06. The summed E-state index contributed by atoms with van der Waals surface area (Å²) in [6.45, 7) is 7.65. The number of aromatic nitrogens is 4. The fourth-order valence-electron chi connectivity index (χ4n) is 7.71. The molecule has 8 rings (SSSR count). The van der Waals surface area contributed by atoms with Gasteiger partial charge in [-0.1, -0.05) is 48.0 Å². The van der Waals surface area contributed by atoms with Crippen LogP contribution < -0.4 is 14.2 Å². The molecule has 314 valence electrons. The number of thiophene rings is 1. The Morgan fingerprint density at radius 3 is 2.39 bits per heavy atom. The normalized spacial score (nSPS) is 14.0. The van der Waals surface area contributed by atoms with Crippen molar-refractivity contribution >= 4 is 33.2 Å². The Bertz CT molecular complexity index is 2580. The van der Waals surface area contributed by atoms with Gasteiger partial charge in [-0.15, -0.1) is 11.3 Å². The van der Waals surface area contributed by atoms with Gasteiger partial charge >= 0.3 is 0 Å². The van der Waals surface area contributed by atoms with E-state index in [0.29, 0.717) is 41.8 Å². The van der Waals surface area contributed by atoms with Crippen molar-refractivity contribution in [2.75, 3.05) is 60.1 Å². The van der Waals surface area contributed by atoms with Crippen LogP contribution in [0.15, 0.2) is 104 Å². The van der Waals surface area contributed by atoms with Crippen LogP contribution in [0, 0.1) is 18.7 Å². The summed E-state index contributed by atoms with van der Waals surface area (Å²) in [4.78, 5) is 25.3. The molecule has 7 aromatic rings. The first kappa shape index (κ1) is 42.2. The van der Waals surface area contributed by atoms with Crippen molar-refractivity contribution in [3.05, 3.63) is 137 Å². The number of piperazine rings is 1. The maximum atomic E-state index is 14.2. The number of ether oxygens (including phenoxy) is 3. The number of para-hydroxylation sites is 1. The van der Waals surface area contributed by atoms with E-state index in [9.17, 15) is 9.50 Å². The Labute approximate surface area is 364 Å². The number of nitrogens with zero attached hydrogens (tertiary/aromatic N) is 6. The van der Waals surface area contributed by atoms with Crippen LogP contribution >= 0.6 is 22.9 Å². The van der Waals surface area contributed by atoms with Gasteiger partial charge in [-0.3, -0.25) is 4.90 Å². The third-order valence-corrected chi connectivity index (χ3v) is 12.8. The minimum atomic E-state index is -0.311. The molecular formula is C48H48ClFN6O4S. The molecule has 0 bridgehead atoms. The highest BCUT2D eigenvalue weighted by Gasteiger charge is 2.25. The zero-order valence-corrected chi connectivity index (χ0v) is 36.1. The van der Waals surface area contributed by atoms with Crippen LogP contribution in [-0.4, -0.2) is 94.9 Å². The highest BCUT2D eigenvalue weighted by atomic mass is 35.5. The maximum Gasteiger partial charge on any atom is 0.159 e. The number of hydrogen-bond acceptors (Lipinski definition) is 11. The molecule has 1 aliphatic heterocycles. The van der Waals surface area contributed by atoms with E-state index in [1.54, 1.807) is 31.8 Å². The lowest BCUT2D eigenvalue weighted by molar-refractivity contribution is 0.134. The van der Waals surface area contributed by atoms with Gasteiger partial charge in [-0.25, -0.2) is 24.3 Å². The van der Waals surface area contributed by atoms with Crippen molar-refractivity contribution in [1.29, 1.82) is 0 Å². The monoisotopic (exact) mass is 858 g/mol. The van der Waals surface area contributed by atoms with Crippen LogP contribution in [0.1, 0.15) is 22.5 Å². The number of rotatable bonds is 16. The Hall–Kier alpha value is -5.50. The summed E-state index contributed by atoms with van der Waals surface area (Å²) in [6, 6.07) is 27.9. The number of likely N-dealkylation sites (N-methyl/N-ethyl adjacent to an activating group) is 1. The molecular weight excluding hydrogens is 811 g/mol. The second-order valence-electron chi connectivity index (χ2n) is 15.3. The molecule has 0 radical (unpaired) electrons. The average molecular weight is 859 g/mol. The first-order chi connectivity index (χ1) is 29.8. The lowest BCUT2D eigenvalue weighted by atomic mass is 9.91. The molecule has 10 nitrogen and oxygen atoms in total. The highest BCUT2D eigenvalue weighted by Crippen LogP contribution is 2.48. The first-order valence-corrected chi connectivity index (χ1v) is 21.6. The zero-order chi connectivity index (χ0) is 42.3. The molecule has 1 N–H and O–H groups in total. The van der Waals surface area contributed by atoms with Gasteiger partial charge in [0.2, 0.25) is 0 Å². The maximum absolute atomic E-state index is 14.2. The molecule has 0 spiro atoms. The molecule has 1 saturated heterocycles. The van der Waals surface area contributed by atoms with Crippen LogP contribution in [-0.2, 0) is 19.4 Å². The molecule has 4 aromatic carbocycles. The van der Waals surface area contributed by atoms with Crippen LogP contribution in [0.4, 0.5) is 4.39 Å². The predicted molar refractivity (Wildman–Crippen MR) is 240 cm³/mol. The van der Waals surface area contributed by atoms with Gasteiger partial charge in [0.1, 0.15) is 47.4 Å². The number of benzene rings is 4. The molecule has 0 aliphatic carbocycles. The van der Waals surface area contributed by atoms with E-state index >= 15 is 0 Å². The number of aliphatic hydroxyl groups is 1. The summed E-state index contributed by atoms with van der Waals surface area (Å²) in [5.41, 5.74) is 6.93. The molecule has 1 atom stereocenters. The summed E-state index contributed by atoms with van der Waals surface area (Å²) < 4.78 is 32.2. The van der Waals surface area contributed by atoms with E-state index in [2.05, 4.69) is 21.8 Å². The topological polar surface area (TPSA) is 106 Å². The van der Waals surface area contributed by atoms with Crippen LogP contribution in [0.3, 0.4) is 0 Å². The lowest BCUT2D eigenvalue weighted by Crippen LogP contribution is -2.45. The van der Waals surface area contributed by atoms with E-state index in [4.69, 9.17) is 40.8 Å². The molecule has 13 heteroatoms. The molecule has 0 saturated carbocycles. The average Bonchev–Trinajstić information content (AvgIpc) is 3.68. The predicted octanol–water partition coefficient (Wildman–Crippen LogP) is 9.19. The summed E-state index contributed by atoms with van der Waals surface area (Å²) in [6.07, 6.45) is 4.31. The van der Waals surface area contributed by atoms with Crippen molar-refractivity contribution in [3.8, 4) is 50.2 Å². The van der Waals surface area contributed by atoms with E-state index in [1.807, 2.05) is 73.7 Å². The van der Waals surface area contributed by atoms with Gasteiger partial charge in [0, 0.05) is 66.9 Å². The summed E-state index contributed by atoms with van der Waals surface area (Å²) in [5, 5.41) is 12.3. The second-order valence-corrected chi connectivity index (χ2v) is 16.7. The molecule has 3 aromatic heterocycles. The number of aliphatic hydroxyl groups excluding tert-OH is 1. The highest BCUT2D eigenvalue weighted by molar-refractivity contribution is 7.22. The van der Waals surface area contributed by atoms with Gasteiger partial charge in [0.05, 0.1) is 23.5 Å². The van der Waals surface area contributed by atoms with Crippen molar-refractivity contribution in [1.82, 2.24) is 29.7 Å². The van der Waals surface area contributed by atoms with Crippen molar-refractivity contribution in [2.45, 2.75) is 26.4 Å². The van der Waals surface area contributed by atoms with Crippen molar-refractivity contribution in [2.24, 2.45) is 5.92 Å². The van der Waals surface area contributed by atoms with Gasteiger partial charge in [-0.05, 0) is 110 Å². The van der Waals surface area contributed by atoms with Gasteiger partial charge in [-0.2, -0.15) is 0 Å². The van der Waals surface area contributed by atoms with Crippen LogP contribution in [0.5, 0.6) is 17.2 Å². The SMILES string of the molecule is COc1ccc(-c2nccc(COc3ccccc3C[C@H](CO)Cc3ncnc4sc(-c5ccc(F)cc5)c(-c5ccc(OCCN6CCN(C)CC6)c(Cl)c5C)c34)n2)cc1. The first-order valence-electron chi connectivity index (χ1n) is 20.4. The summed E-state index contributed by atoms with van der Waals surface area (Å²) in [7, 11) is 3.78. The minimum absolute atomic E-state index is 0.0771. The van der Waals surface area contributed by atoms with Gasteiger partial charge in [0.15, 0.2) is 5.82 Å². The number of hydrogen-bond donors (Lipinski definition) is 1. The van der Waals surface area contributed by atoms with E-state index in [0.717, 1.165) is 98.3 Å². The van der Waals surface area contributed by atoms with E-state index < -0.39 is 0 Å². The molecule has 4 heterocycles. The van der Waals surface area contributed by atoms with Crippen molar-refractivity contribution in [3.63, 3.8) is 0 Å². The molecule has 0 unspecified atom stereocenters. The fraction of sp³-hybridized carbons (Fsp3) is 0.292. The molecule has 1 aliphatic rings. The van der Waals surface area contributed by atoms with Crippen molar-refractivity contribution < 1.29 is 23.7 Å². The largest absolute Gasteiger partial charge is 0.497 e.